The van der Waals surface area contributed by atoms with Crippen LogP contribution in [0.2, 0.25) is 10.0 Å². The second-order valence-electron chi connectivity index (χ2n) is 6.68. The molecule has 2 aliphatic carbocycles. The molecule has 0 aromatic heterocycles. The molecule has 25 heavy (non-hydrogen) atoms. The predicted molar refractivity (Wildman–Crippen MR) is 94.6 cm³/mol. The van der Waals surface area contributed by atoms with Crippen molar-refractivity contribution in [3.63, 3.8) is 0 Å². The van der Waals surface area contributed by atoms with Gasteiger partial charge in [0.25, 0.3) is 0 Å². The lowest BCUT2D eigenvalue weighted by Crippen LogP contribution is -2.37. The molecule has 0 spiro atoms. The molecule has 1 aromatic rings. The van der Waals surface area contributed by atoms with Gasteiger partial charge in [-0.25, -0.2) is 5.06 Å². The Hall–Kier alpha value is -1.62. The maximum atomic E-state index is 12.7. The van der Waals surface area contributed by atoms with Gasteiger partial charge in [-0.2, -0.15) is 0 Å². The molecule has 3 aliphatic rings. The van der Waals surface area contributed by atoms with Crippen molar-refractivity contribution in [3.05, 3.63) is 56.3 Å². The number of hydroxylamine groups is 2. The molecule has 1 aliphatic heterocycles. The van der Waals surface area contributed by atoms with Crippen LogP contribution in [0.4, 0.5) is 0 Å². The fourth-order valence-corrected chi connectivity index (χ4v) is 4.66. The van der Waals surface area contributed by atoms with Crippen LogP contribution in [0.1, 0.15) is 50.0 Å². The van der Waals surface area contributed by atoms with E-state index in [1.807, 2.05) is 0 Å². The molecular formula is C19H17Cl2NO3. The van der Waals surface area contributed by atoms with Gasteiger partial charge in [-0.05, 0) is 43.4 Å². The van der Waals surface area contributed by atoms with E-state index in [4.69, 9.17) is 23.2 Å². The second kappa shape index (κ2) is 6.27. The lowest BCUT2D eigenvalue weighted by Gasteiger charge is -2.40. The van der Waals surface area contributed by atoms with Crippen LogP contribution in [0.25, 0.3) is 0 Å². The van der Waals surface area contributed by atoms with E-state index in [1.165, 1.54) is 0 Å². The second-order valence-corrected chi connectivity index (χ2v) is 7.53. The van der Waals surface area contributed by atoms with Crippen LogP contribution in [0.3, 0.4) is 0 Å². The molecule has 4 rings (SSSR count). The maximum absolute atomic E-state index is 12.7. The maximum Gasteiger partial charge on any atom is 0.161 e. The van der Waals surface area contributed by atoms with Gasteiger partial charge in [0.2, 0.25) is 0 Å². The van der Waals surface area contributed by atoms with E-state index in [-0.39, 0.29) is 11.6 Å². The number of ketones is 2. The smallest absolute Gasteiger partial charge is 0.161 e. The van der Waals surface area contributed by atoms with Crippen molar-refractivity contribution in [2.75, 3.05) is 0 Å². The first kappa shape index (κ1) is 16.8. The molecule has 0 fully saturated rings. The first-order chi connectivity index (χ1) is 12.0. The number of hydrogen-bond acceptors (Lipinski definition) is 4. The van der Waals surface area contributed by atoms with E-state index in [0.29, 0.717) is 76.7 Å². The van der Waals surface area contributed by atoms with Crippen molar-refractivity contribution >= 4 is 34.8 Å². The highest BCUT2D eigenvalue weighted by Crippen LogP contribution is 2.49. The SMILES string of the molecule is O=C1CCCC2=C1C(c1ccc(Cl)cc1Cl)C1=C(CCCC1=O)N2O. The van der Waals surface area contributed by atoms with Crippen LogP contribution in [0.5, 0.6) is 0 Å². The summed E-state index contributed by atoms with van der Waals surface area (Å²) in [6, 6.07) is 5.13. The van der Waals surface area contributed by atoms with Gasteiger partial charge in [-0.1, -0.05) is 29.3 Å². The first-order valence-electron chi connectivity index (χ1n) is 8.45. The van der Waals surface area contributed by atoms with Gasteiger partial charge in [0.05, 0.1) is 11.4 Å². The highest BCUT2D eigenvalue weighted by molar-refractivity contribution is 6.35. The lowest BCUT2D eigenvalue weighted by molar-refractivity contribution is -0.119. The average molecular weight is 378 g/mol. The number of allylic oxidation sites excluding steroid dienone is 4. The summed E-state index contributed by atoms with van der Waals surface area (Å²) in [6.07, 6.45) is 3.48. The van der Waals surface area contributed by atoms with Crippen molar-refractivity contribution in [2.24, 2.45) is 0 Å². The molecule has 6 heteroatoms. The monoisotopic (exact) mass is 377 g/mol. The number of Topliss-reactive ketones (excluding diaryl/α,β-unsaturated/α-hetero) is 2. The number of carbonyl (C=O) groups is 2. The average Bonchev–Trinajstić information content (AvgIpc) is 2.57. The van der Waals surface area contributed by atoms with E-state index < -0.39 is 5.92 Å². The van der Waals surface area contributed by atoms with Gasteiger partial charge < -0.3 is 0 Å². The van der Waals surface area contributed by atoms with E-state index in [9.17, 15) is 14.8 Å². The van der Waals surface area contributed by atoms with E-state index in [1.54, 1.807) is 18.2 Å². The van der Waals surface area contributed by atoms with Crippen LogP contribution < -0.4 is 0 Å². The highest BCUT2D eigenvalue weighted by atomic mass is 35.5. The van der Waals surface area contributed by atoms with Crippen molar-refractivity contribution in [1.82, 2.24) is 5.06 Å². The Morgan fingerprint density at radius 2 is 1.48 bits per heavy atom. The Kier molecular flexibility index (Phi) is 4.22. The third-order valence-corrected chi connectivity index (χ3v) is 5.78. The summed E-state index contributed by atoms with van der Waals surface area (Å²) in [4.78, 5) is 25.4. The van der Waals surface area contributed by atoms with E-state index >= 15 is 0 Å². The van der Waals surface area contributed by atoms with Gasteiger partial charge in [-0.3, -0.25) is 14.8 Å². The number of halogens is 2. The van der Waals surface area contributed by atoms with E-state index in [2.05, 4.69) is 0 Å². The van der Waals surface area contributed by atoms with Gasteiger partial charge in [0.15, 0.2) is 11.6 Å². The molecule has 130 valence electrons. The van der Waals surface area contributed by atoms with Gasteiger partial charge in [-0.15, -0.1) is 0 Å². The Labute approximate surface area is 155 Å². The summed E-state index contributed by atoms with van der Waals surface area (Å²) < 4.78 is 0. The molecule has 0 saturated carbocycles. The summed E-state index contributed by atoms with van der Waals surface area (Å²) >= 11 is 12.4. The minimum absolute atomic E-state index is 0.0266. The van der Waals surface area contributed by atoms with Crippen LogP contribution >= 0.6 is 23.2 Å². The fraction of sp³-hybridized carbons (Fsp3) is 0.368. The minimum Gasteiger partial charge on any atom is -0.294 e. The Morgan fingerprint density at radius 3 is 2.00 bits per heavy atom. The summed E-state index contributed by atoms with van der Waals surface area (Å²) in [5.74, 6) is -0.568. The summed E-state index contributed by atoms with van der Waals surface area (Å²) in [7, 11) is 0. The molecule has 1 N–H and O–H groups in total. The topological polar surface area (TPSA) is 57.6 Å². The standard InChI is InChI=1S/C19H17Cl2NO3/c20-10-7-8-11(12(21)9-10)17-18-13(3-1-5-15(18)23)22(25)14-4-2-6-16(24)19(14)17/h7-9,17,25H,1-6H2. The number of benzene rings is 1. The Balaban J connectivity index is 1.98. The summed E-state index contributed by atoms with van der Waals surface area (Å²) in [6.45, 7) is 0. The van der Waals surface area contributed by atoms with Crippen molar-refractivity contribution in [2.45, 2.75) is 44.4 Å². The summed E-state index contributed by atoms with van der Waals surface area (Å²) in [5.41, 5.74) is 2.94. The van der Waals surface area contributed by atoms with Gasteiger partial charge in [0, 0.05) is 40.0 Å². The molecule has 4 nitrogen and oxygen atoms in total. The van der Waals surface area contributed by atoms with Crippen molar-refractivity contribution < 1.29 is 14.8 Å². The van der Waals surface area contributed by atoms with Crippen LogP contribution in [-0.4, -0.2) is 21.8 Å². The molecular weight excluding hydrogens is 361 g/mol. The quantitative estimate of drug-likeness (QED) is 0.763. The van der Waals surface area contributed by atoms with Crippen LogP contribution in [0.15, 0.2) is 40.7 Å². The number of hydrogen-bond donors (Lipinski definition) is 1. The van der Waals surface area contributed by atoms with Crippen molar-refractivity contribution in [3.8, 4) is 0 Å². The molecule has 0 atom stereocenters. The summed E-state index contributed by atoms with van der Waals surface area (Å²) in [5, 5.41) is 12.7. The zero-order valence-electron chi connectivity index (χ0n) is 13.5. The molecule has 0 saturated heterocycles. The number of carbonyl (C=O) groups excluding carboxylic acids is 2. The Morgan fingerprint density at radius 1 is 0.920 bits per heavy atom. The number of nitrogens with zero attached hydrogens (tertiary/aromatic N) is 1. The zero-order valence-corrected chi connectivity index (χ0v) is 15.0. The highest BCUT2D eigenvalue weighted by Gasteiger charge is 2.43. The largest absolute Gasteiger partial charge is 0.294 e. The molecule has 0 unspecified atom stereocenters. The third-order valence-electron chi connectivity index (χ3n) is 5.22. The molecule has 0 bridgehead atoms. The minimum atomic E-state index is -0.515. The third kappa shape index (κ3) is 2.64. The normalized spacial score (nSPS) is 21.6. The fourth-order valence-electron chi connectivity index (χ4n) is 4.14. The lowest BCUT2D eigenvalue weighted by atomic mass is 9.71. The molecule has 1 aromatic carbocycles. The van der Waals surface area contributed by atoms with Gasteiger partial charge >= 0.3 is 0 Å². The zero-order chi connectivity index (χ0) is 17.7. The van der Waals surface area contributed by atoms with Crippen LogP contribution in [0, 0.1) is 0 Å². The van der Waals surface area contributed by atoms with Crippen molar-refractivity contribution in [1.29, 1.82) is 0 Å². The molecule has 0 amide bonds. The molecule has 1 heterocycles. The Bertz CT molecular complexity index is 812. The van der Waals surface area contributed by atoms with E-state index in [0.717, 1.165) is 5.06 Å². The molecule has 0 radical (unpaired) electrons. The number of rotatable bonds is 1. The van der Waals surface area contributed by atoms with Gasteiger partial charge in [0.1, 0.15) is 0 Å². The first-order valence-corrected chi connectivity index (χ1v) is 9.21. The predicted octanol–water partition coefficient (Wildman–Crippen LogP) is 4.80. The van der Waals surface area contributed by atoms with Crippen LogP contribution in [-0.2, 0) is 9.59 Å².